The lowest BCUT2D eigenvalue weighted by Crippen LogP contribution is -2.43. The van der Waals surface area contributed by atoms with Crippen molar-refractivity contribution in [3.63, 3.8) is 0 Å². The molecule has 4 N–H and O–H groups in total. The number of hydrogen-bond donors (Lipinski definition) is 4. The highest BCUT2D eigenvalue weighted by atomic mass is 28.4. The van der Waals surface area contributed by atoms with Crippen LogP contribution in [-0.4, -0.2) is 267 Å². The SMILES string of the molecule is CO[Si](CCCOCC(O)CN(CCCCCCN(CC(O)COCCC[Si](OC)(OC)OC)CC(O)COCCC[Si](OC)(OC)OC)CC(O)COCCC[Si](OC)(OC)OC)(OC)OC. The number of rotatable bonds is 51. The molecule has 0 aromatic rings. The molecule has 410 valence electrons. The summed E-state index contributed by atoms with van der Waals surface area (Å²) in [6.45, 7) is 4.68. The molecule has 0 aromatic carbocycles. The smallest absolute Gasteiger partial charge is 0.389 e. The van der Waals surface area contributed by atoms with E-state index in [1.165, 1.54) is 0 Å². The lowest BCUT2D eigenvalue weighted by Gasteiger charge is -2.28. The zero-order valence-corrected chi connectivity index (χ0v) is 47.9. The largest absolute Gasteiger partial charge is 0.500 e. The van der Waals surface area contributed by atoms with Crippen LogP contribution in [0.1, 0.15) is 51.4 Å². The first-order valence-electron chi connectivity index (χ1n) is 23.8. The number of aliphatic hydroxyl groups excluding tert-OH is 4. The van der Waals surface area contributed by atoms with Gasteiger partial charge < -0.3 is 92.5 Å². The van der Waals surface area contributed by atoms with Gasteiger partial charge in [0.1, 0.15) is 0 Å². The fraction of sp³-hybridized carbons (Fsp3) is 1.00. The van der Waals surface area contributed by atoms with Crippen molar-refractivity contribution in [2.75, 3.05) is 177 Å². The number of nitrogens with zero attached hydrogens (tertiary/aromatic N) is 2. The molecule has 0 rings (SSSR count). The molecule has 0 aromatic heterocycles. The van der Waals surface area contributed by atoms with Crippen molar-refractivity contribution in [3.8, 4) is 0 Å². The van der Waals surface area contributed by atoms with E-state index in [9.17, 15) is 20.4 Å². The van der Waals surface area contributed by atoms with Gasteiger partial charge in [0.15, 0.2) is 0 Å². The van der Waals surface area contributed by atoms with Crippen molar-refractivity contribution in [2.24, 2.45) is 0 Å². The van der Waals surface area contributed by atoms with Crippen molar-refractivity contribution in [1.82, 2.24) is 9.80 Å². The minimum atomic E-state index is -2.71. The van der Waals surface area contributed by atoms with Crippen molar-refractivity contribution in [1.29, 1.82) is 0 Å². The molecule has 0 saturated heterocycles. The molecule has 0 radical (unpaired) electrons. The van der Waals surface area contributed by atoms with Crippen LogP contribution < -0.4 is 0 Å². The number of ether oxygens (including phenoxy) is 4. The zero-order chi connectivity index (χ0) is 51.2. The normalized spacial score (nSPS) is 14.9. The summed E-state index contributed by atoms with van der Waals surface area (Å²) in [4.78, 5) is 4.09. The summed E-state index contributed by atoms with van der Waals surface area (Å²) in [6.07, 6.45) is 2.91. The van der Waals surface area contributed by atoms with E-state index in [0.717, 1.165) is 25.7 Å². The molecule has 4 unspecified atom stereocenters. The summed E-state index contributed by atoms with van der Waals surface area (Å²) in [7, 11) is 8.05. The Bertz CT molecular complexity index is 948. The van der Waals surface area contributed by atoms with Crippen LogP contribution in [0.2, 0.25) is 24.2 Å². The molecule has 26 heteroatoms. The van der Waals surface area contributed by atoms with Crippen LogP contribution in [0.15, 0.2) is 0 Å². The standard InChI is InChI=1S/C42H96N2O20Si4/c1-49-65(50-2,51-3)27-17-23-61-35-39(45)31-43(32-40(46)36-62-24-18-28-66(52-4,53-5)54-6)21-15-13-14-16-22-44(33-41(47)37-63-25-19-29-67(55-7,56-8)57-9)34-42(48)38-64-26-20-30-68(58-10,59-11)60-12/h39-42,45-48H,13-38H2,1-12H3. The average Bonchev–Trinajstić information content (AvgIpc) is 3.35. The molecule has 0 fully saturated rings. The van der Waals surface area contributed by atoms with E-state index in [1.807, 2.05) is 9.80 Å². The van der Waals surface area contributed by atoms with E-state index in [-0.39, 0.29) is 26.4 Å². The summed E-state index contributed by atoms with van der Waals surface area (Å²) in [5.74, 6) is 0. The second-order valence-electron chi connectivity index (χ2n) is 16.4. The highest BCUT2D eigenvalue weighted by molar-refractivity contribution is 6.61. The molecule has 0 heterocycles. The lowest BCUT2D eigenvalue weighted by atomic mass is 10.1. The van der Waals surface area contributed by atoms with Gasteiger partial charge in [0.25, 0.3) is 0 Å². The maximum atomic E-state index is 11.0. The molecule has 4 atom stereocenters. The van der Waals surface area contributed by atoms with Crippen molar-refractivity contribution < 1.29 is 92.5 Å². The van der Waals surface area contributed by atoms with Crippen LogP contribution in [-0.2, 0) is 72.1 Å². The third kappa shape index (κ3) is 29.6. The Kier molecular flexibility index (Phi) is 41.3. The maximum absolute atomic E-state index is 11.0. The van der Waals surface area contributed by atoms with Crippen LogP contribution in [0.3, 0.4) is 0 Å². The van der Waals surface area contributed by atoms with Crippen molar-refractivity contribution in [3.05, 3.63) is 0 Å². The Balaban J connectivity index is 5.40. The van der Waals surface area contributed by atoms with Crippen molar-refractivity contribution in [2.45, 2.75) is 100.0 Å². The summed E-state index contributed by atoms with van der Waals surface area (Å²) in [5.41, 5.74) is 0. The Labute approximate surface area is 413 Å². The van der Waals surface area contributed by atoms with Crippen LogP contribution >= 0.6 is 0 Å². The Morgan fingerprint density at radius 2 is 0.485 bits per heavy atom. The molecule has 0 aliphatic rings. The Hall–Kier alpha value is -0.0125. The van der Waals surface area contributed by atoms with Gasteiger partial charge >= 0.3 is 35.2 Å². The van der Waals surface area contributed by atoms with E-state index < -0.39 is 59.6 Å². The summed E-state index contributed by atoms with van der Waals surface area (Å²) in [6, 6.07) is 2.35. The van der Waals surface area contributed by atoms with Gasteiger partial charge in [-0.2, -0.15) is 0 Å². The van der Waals surface area contributed by atoms with E-state index in [0.29, 0.717) is 116 Å². The first-order chi connectivity index (χ1) is 32.7. The predicted molar refractivity (Wildman–Crippen MR) is 263 cm³/mol. The van der Waals surface area contributed by atoms with Gasteiger partial charge in [0.2, 0.25) is 0 Å². The molecular formula is C42H96N2O20Si4. The monoisotopic (exact) mass is 1060 g/mol. The highest BCUT2D eigenvalue weighted by Crippen LogP contribution is 2.18. The van der Waals surface area contributed by atoms with E-state index in [4.69, 9.17) is 72.1 Å². The number of unbranched alkanes of at least 4 members (excludes halogenated alkanes) is 3. The fourth-order valence-electron chi connectivity index (χ4n) is 7.61. The quantitative estimate of drug-likeness (QED) is 0.0502. The van der Waals surface area contributed by atoms with Gasteiger partial charge in [-0.1, -0.05) is 12.8 Å². The second-order valence-corrected chi connectivity index (χ2v) is 28.8. The molecule has 0 aliphatic carbocycles. The molecule has 0 aliphatic heterocycles. The van der Waals surface area contributed by atoms with E-state index in [2.05, 4.69) is 0 Å². The fourth-order valence-corrected chi connectivity index (χ4v) is 14.4. The van der Waals surface area contributed by atoms with Crippen LogP contribution in [0.25, 0.3) is 0 Å². The Morgan fingerprint density at radius 1 is 0.294 bits per heavy atom. The van der Waals surface area contributed by atoms with Crippen LogP contribution in [0.4, 0.5) is 0 Å². The third-order valence-corrected chi connectivity index (χ3v) is 23.0. The average molecular weight is 1060 g/mol. The molecular weight excluding hydrogens is 965 g/mol. The number of aliphatic hydroxyl groups is 4. The minimum Gasteiger partial charge on any atom is -0.389 e. The summed E-state index contributed by atoms with van der Waals surface area (Å²) >= 11 is 0. The first kappa shape index (κ1) is 68.0. The first-order valence-corrected chi connectivity index (χ1v) is 31.5. The van der Waals surface area contributed by atoms with Gasteiger partial charge in [-0.3, -0.25) is 9.80 Å². The summed E-state index contributed by atoms with van der Waals surface area (Å²) in [5, 5.41) is 44.0. The van der Waals surface area contributed by atoms with Gasteiger partial charge in [-0.05, 0) is 51.6 Å². The van der Waals surface area contributed by atoms with E-state index >= 15 is 0 Å². The van der Waals surface area contributed by atoms with Gasteiger partial charge in [0, 0.05) is 162 Å². The maximum Gasteiger partial charge on any atom is 0.500 e. The predicted octanol–water partition coefficient (Wildman–Crippen LogP) is 1.73. The van der Waals surface area contributed by atoms with Crippen molar-refractivity contribution >= 4 is 35.2 Å². The van der Waals surface area contributed by atoms with E-state index in [1.54, 1.807) is 85.3 Å². The molecule has 68 heavy (non-hydrogen) atoms. The minimum absolute atomic E-state index is 0.133. The Morgan fingerprint density at radius 3 is 0.662 bits per heavy atom. The molecule has 0 bridgehead atoms. The summed E-state index contributed by atoms with van der Waals surface area (Å²) < 4.78 is 89.1. The van der Waals surface area contributed by atoms with Gasteiger partial charge in [-0.15, -0.1) is 0 Å². The van der Waals surface area contributed by atoms with Gasteiger partial charge in [0.05, 0.1) is 50.8 Å². The highest BCUT2D eigenvalue weighted by Gasteiger charge is 2.39. The van der Waals surface area contributed by atoms with Gasteiger partial charge in [-0.25, -0.2) is 0 Å². The van der Waals surface area contributed by atoms with Crippen LogP contribution in [0.5, 0.6) is 0 Å². The second kappa shape index (κ2) is 41.4. The van der Waals surface area contributed by atoms with Crippen LogP contribution in [0, 0.1) is 0 Å². The molecule has 0 saturated carbocycles. The lowest BCUT2D eigenvalue weighted by molar-refractivity contribution is -0.0119. The molecule has 0 spiro atoms. The third-order valence-electron chi connectivity index (χ3n) is 11.6. The number of hydrogen-bond acceptors (Lipinski definition) is 22. The zero-order valence-electron chi connectivity index (χ0n) is 43.9. The molecule has 0 amide bonds. The molecule has 22 nitrogen and oxygen atoms in total. The topological polar surface area (TPSA) is 235 Å².